The van der Waals surface area contributed by atoms with Gasteiger partial charge >= 0.3 is 0 Å². The number of piperidine rings is 1. The summed E-state index contributed by atoms with van der Waals surface area (Å²) < 4.78 is 5.16. The summed E-state index contributed by atoms with van der Waals surface area (Å²) in [5, 5.41) is 3.92. The molecule has 0 saturated carbocycles. The minimum atomic E-state index is -0.603. The van der Waals surface area contributed by atoms with Gasteiger partial charge in [-0.15, -0.1) is 0 Å². The van der Waals surface area contributed by atoms with Crippen molar-refractivity contribution in [3.05, 3.63) is 52.9 Å². The number of nitrogens with zero attached hydrogens (tertiary/aromatic N) is 4. The maximum atomic E-state index is 13.6. The third-order valence-electron chi connectivity index (χ3n) is 6.47. The SMILES string of the molecule is Cc1noc(C)c1CC(=O)N1CCN(C(=O)C(c2ccccc2)N2CCCCC2=O)CC1. The van der Waals surface area contributed by atoms with Gasteiger partial charge in [-0.1, -0.05) is 35.5 Å². The number of amides is 3. The molecule has 8 heteroatoms. The van der Waals surface area contributed by atoms with Gasteiger partial charge < -0.3 is 19.2 Å². The van der Waals surface area contributed by atoms with Crippen LogP contribution in [-0.4, -0.2) is 70.3 Å². The number of piperazine rings is 1. The molecule has 0 aliphatic carbocycles. The Morgan fingerprint density at radius 1 is 1.00 bits per heavy atom. The van der Waals surface area contributed by atoms with E-state index in [-0.39, 0.29) is 24.1 Å². The zero-order chi connectivity index (χ0) is 22.7. The van der Waals surface area contributed by atoms with Crippen LogP contribution in [0.4, 0.5) is 0 Å². The molecule has 1 aromatic carbocycles. The molecule has 2 fully saturated rings. The normalized spacial score (nSPS) is 18.1. The van der Waals surface area contributed by atoms with Crippen LogP contribution in [0.1, 0.15) is 47.9 Å². The summed E-state index contributed by atoms with van der Waals surface area (Å²) in [6.07, 6.45) is 2.52. The molecule has 0 radical (unpaired) electrons. The number of likely N-dealkylation sites (tertiary alicyclic amines) is 1. The third-order valence-corrected chi connectivity index (χ3v) is 6.47. The smallest absolute Gasteiger partial charge is 0.250 e. The Bertz CT molecular complexity index is 960. The van der Waals surface area contributed by atoms with Gasteiger partial charge in [-0.25, -0.2) is 0 Å². The van der Waals surface area contributed by atoms with Crippen molar-refractivity contribution in [1.29, 1.82) is 0 Å². The van der Waals surface area contributed by atoms with E-state index >= 15 is 0 Å². The molecule has 3 heterocycles. The number of aromatic nitrogens is 1. The monoisotopic (exact) mass is 438 g/mol. The van der Waals surface area contributed by atoms with Crippen molar-refractivity contribution in [2.45, 2.75) is 45.6 Å². The number of carbonyl (C=O) groups is 3. The van der Waals surface area contributed by atoms with E-state index in [2.05, 4.69) is 5.16 Å². The van der Waals surface area contributed by atoms with Crippen LogP contribution in [-0.2, 0) is 20.8 Å². The molecule has 32 heavy (non-hydrogen) atoms. The van der Waals surface area contributed by atoms with Crippen LogP contribution in [0.3, 0.4) is 0 Å². The first-order chi connectivity index (χ1) is 15.5. The molecule has 1 atom stereocenters. The van der Waals surface area contributed by atoms with Crippen molar-refractivity contribution in [1.82, 2.24) is 19.9 Å². The molecule has 2 aliphatic rings. The Balaban J connectivity index is 1.43. The van der Waals surface area contributed by atoms with E-state index < -0.39 is 6.04 Å². The van der Waals surface area contributed by atoms with E-state index in [1.165, 1.54) is 0 Å². The van der Waals surface area contributed by atoms with Crippen LogP contribution in [0.25, 0.3) is 0 Å². The second kappa shape index (κ2) is 9.54. The molecular weight excluding hydrogens is 408 g/mol. The highest BCUT2D eigenvalue weighted by molar-refractivity contribution is 5.89. The van der Waals surface area contributed by atoms with Crippen LogP contribution in [0.15, 0.2) is 34.9 Å². The van der Waals surface area contributed by atoms with Crippen molar-refractivity contribution in [2.24, 2.45) is 0 Å². The average Bonchev–Trinajstić information content (AvgIpc) is 3.13. The molecule has 4 rings (SSSR count). The van der Waals surface area contributed by atoms with Gasteiger partial charge in [-0.05, 0) is 32.3 Å². The predicted molar refractivity (Wildman–Crippen MR) is 118 cm³/mol. The predicted octanol–water partition coefficient (Wildman–Crippen LogP) is 2.26. The molecule has 0 bridgehead atoms. The number of hydrogen-bond donors (Lipinski definition) is 0. The van der Waals surface area contributed by atoms with Crippen molar-refractivity contribution in [2.75, 3.05) is 32.7 Å². The van der Waals surface area contributed by atoms with Gasteiger partial charge in [0.05, 0.1) is 12.1 Å². The maximum absolute atomic E-state index is 13.6. The van der Waals surface area contributed by atoms with Crippen molar-refractivity contribution in [3.8, 4) is 0 Å². The molecule has 3 amide bonds. The Morgan fingerprint density at radius 2 is 1.69 bits per heavy atom. The van der Waals surface area contributed by atoms with Crippen molar-refractivity contribution in [3.63, 3.8) is 0 Å². The minimum absolute atomic E-state index is 0.0114. The van der Waals surface area contributed by atoms with Crippen LogP contribution in [0.2, 0.25) is 0 Å². The number of aryl methyl sites for hydroxylation is 2. The lowest BCUT2D eigenvalue weighted by Crippen LogP contribution is -2.54. The highest BCUT2D eigenvalue weighted by atomic mass is 16.5. The first kappa shape index (κ1) is 22.0. The van der Waals surface area contributed by atoms with Crippen LogP contribution in [0, 0.1) is 13.8 Å². The molecule has 1 unspecified atom stereocenters. The lowest BCUT2D eigenvalue weighted by atomic mass is 9.99. The topological polar surface area (TPSA) is 87.0 Å². The maximum Gasteiger partial charge on any atom is 0.250 e. The highest BCUT2D eigenvalue weighted by Crippen LogP contribution is 2.28. The van der Waals surface area contributed by atoms with Gasteiger partial charge in [-0.3, -0.25) is 14.4 Å². The Labute approximate surface area is 188 Å². The number of rotatable bonds is 5. The summed E-state index contributed by atoms with van der Waals surface area (Å²) in [7, 11) is 0. The average molecular weight is 439 g/mol. The molecule has 2 aliphatic heterocycles. The molecule has 0 N–H and O–H groups in total. The van der Waals surface area contributed by atoms with Gasteiger partial charge in [-0.2, -0.15) is 0 Å². The summed E-state index contributed by atoms with van der Waals surface area (Å²) in [6, 6.07) is 8.92. The van der Waals surface area contributed by atoms with Gasteiger partial charge in [0.1, 0.15) is 11.8 Å². The Morgan fingerprint density at radius 3 is 2.31 bits per heavy atom. The van der Waals surface area contributed by atoms with Crippen LogP contribution < -0.4 is 0 Å². The second-order valence-electron chi connectivity index (χ2n) is 8.54. The van der Waals surface area contributed by atoms with Gasteiger partial charge in [0.15, 0.2) is 0 Å². The summed E-state index contributed by atoms with van der Waals surface area (Å²) in [5.74, 6) is 0.648. The van der Waals surface area contributed by atoms with Gasteiger partial charge in [0, 0.05) is 44.7 Å². The Hall–Kier alpha value is -3.16. The first-order valence-corrected chi connectivity index (χ1v) is 11.3. The third kappa shape index (κ3) is 4.54. The van der Waals surface area contributed by atoms with Gasteiger partial charge in [0.2, 0.25) is 17.7 Å². The second-order valence-corrected chi connectivity index (χ2v) is 8.54. The summed E-state index contributed by atoms with van der Waals surface area (Å²) in [6.45, 7) is 6.11. The van der Waals surface area contributed by atoms with Crippen molar-refractivity contribution < 1.29 is 18.9 Å². The number of hydrogen-bond acceptors (Lipinski definition) is 5. The van der Waals surface area contributed by atoms with Crippen molar-refractivity contribution >= 4 is 17.7 Å². The lowest BCUT2D eigenvalue weighted by molar-refractivity contribution is -0.150. The van der Waals surface area contributed by atoms with Crippen LogP contribution in [0.5, 0.6) is 0 Å². The van der Waals surface area contributed by atoms with E-state index in [0.29, 0.717) is 44.9 Å². The quantitative estimate of drug-likeness (QED) is 0.715. The fraction of sp³-hybridized carbons (Fsp3) is 0.500. The van der Waals surface area contributed by atoms with E-state index in [9.17, 15) is 14.4 Å². The summed E-state index contributed by atoms with van der Waals surface area (Å²) >= 11 is 0. The lowest BCUT2D eigenvalue weighted by Gasteiger charge is -2.40. The molecule has 0 spiro atoms. The number of carbonyl (C=O) groups excluding carboxylic acids is 3. The van der Waals surface area contributed by atoms with E-state index in [1.807, 2.05) is 44.2 Å². The molecular formula is C24H30N4O4. The number of benzene rings is 1. The highest BCUT2D eigenvalue weighted by Gasteiger charge is 2.36. The molecule has 2 aromatic rings. The molecule has 8 nitrogen and oxygen atoms in total. The largest absolute Gasteiger partial charge is 0.361 e. The zero-order valence-electron chi connectivity index (χ0n) is 18.7. The van der Waals surface area contributed by atoms with Gasteiger partial charge in [0.25, 0.3) is 0 Å². The standard InChI is InChI=1S/C24H30N4O4/c1-17-20(18(2)32-25-17)16-22(30)26-12-14-27(15-13-26)24(31)23(19-8-4-3-5-9-19)28-11-7-6-10-21(28)29/h3-5,8-9,23H,6-7,10-16H2,1-2H3. The molecule has 1 aromatic heterocycles. The van der Waals surface area contributed by atoms with Crippen LogP contribution >= 0.6 is 0 Å². The van der Waals surface area contributed by atoms with E-state index in [4.69, 9.17) is 4.52 Å². The molecule has 170 valence electrons. The first-order valence-electron chi connectivity index (χ1n) is 11.3. The zero-order valence-corrected chi connectivity index (χ0v) is 18.7. The molecule has 2 saturated heterocycles. The van der Waals surface area contributed by atoms with E-state index in [0.717, 1.165) is 29.7 Å². The minimum Gasteiger partial charge on any atom is -0.361 e. The fourth-order valence-corrected chi connectivity index (χ4v) is 4.56. The summed E-state index contributed by atoms with van der Waals surface area (Å²) in [4.78, 5) is 44.3. The Kier molecular flexibility index (Phi) is 6.58. The summed E-state index contributed by atoms with van der Waals surface area (Å²) in [5.41, 5.74) is 2.41. The van der Waals surface area contributed by atoms with E-state index in [1.54, 1.807) is 14.7 Å². The fourth-order valence-electron chi connectivity index (χ4n) is 4.56.